The smallest absolute Gasteiger partial charge is 0.163 e. The van der Waals surface area contributed by atoms with Crippen LogP contribution in [0.1, 0.15) is 0 Å². The van der Waals surface area contributed by atoms with Gasteiger partial charge in [0.25, 0.3) is 0 Å². The summed E-state index contributed by atoms with van der Waals surface area (Å²) in [4.78, 5) is 11.7. The van der Waals surface area contributed by atoms with E-state index in [0.717, 1.165) is 43.5 Å². The minimum absolute atomic E-state index is 0.708. The highest BCUT2D eigenvalue weighted by atomic mass is 16.5. The van der Waals surface area contributed by atoms with Crippen molar-refractivity contribution >= 4 is 5.82 Å². The fraction of sp³-hybridized carbons (Fsp3) is 0.235. The molecule has 0 atom stereocenters. The molecular weight excluding hydrogens is 290 g/mol. The molecule has 0 aliphatic carbocycles. The first-order valence-corrected chi connectivity index (χ1v) is 7.67. The van der Waals surface area contributed by atoms with Crippen molar-refractivity contribution in [2.45, 2.75) is 0 Å². The van der Waals surface area contributed by atoms with Crippen LogP contribution in [0.3, 0.4) is 0 Å². The van der Waals surface area contributed by atoms with Gasteiger partial charge in [-0.1, -0.05) is 30.3 Å². The monoisotopic (exact) mass is 307 g/mol. The van der Waals surface area contributed by atoms with Crippen LogP contribution in [0.25, 0.3) is 17.2 Å². The molecule has 0 radical (unpaired) electrons. The zero-order valence-corrected chi connectivity index (χ0v) is 12.7. The number of anilines is 1. The summed E-state index contributed by atoms with van der Waals surface area (Å²) >= 11 is 0. The van der Waals surface area contributed by atoms with Gasteiger partial charge >= 0.3 is 0 Å². The zero-order chi connectivity index (χ0) is 15.5. The van der Waals surface area contributed by atoms with E-state index in [0.29, 0.717) is 5.82 Å². The van der Waals surface area contributed by atoms with Crippen LogP contribution in [0, 0.1) is 0 Å². The van der Waals surface area contributed by atoms with Crippen molar-refractivity contribution in [1.82, 2.24) is 19.7 Å². The molecule has 6 heteroatoms. The van der Waals surface area contributed by atoms with Gasteiger partial charge in [-0.15, -0.1) is 0 Å². The predicted molar refractivity (Wildman–Crippen MR) is 87.6 cm³/mol. The lowest BCUT2D eigenvalue weighted by molar-refractivity contribution is 0.122. The Balaban J connectivity index is 1.80. The lowest BCUT2D eigenvalue weighted by atomic mass is 10.2. The van der Waals surface area contributed by atoms with E-state index in [1.54, 1.807) is 10.9 Å². The molecule has 1 aromatic carbocycles. The molecule has 1 aliphatic heterocycles. The normalized spacial score (nSPS) is 14.9. The molecule has 0 saturated carbocycles. The molecule has 4 rings (SSSR count). The second kappa shape index (κ2) is 6.18. The molecular formula is C17H17N5O. The quantitative estimate of drug-likeness (QED) is 0.742. The molecule has 2 aromatic heterocycles. The average Bonchev–Trinajstić information content (AvgIpc) is 3.18. The van der Waals surface area contributed by atoms with Crippen molar-refractivity contribution in [3.8, 4) is 17.2 Å². The number of hydrogen-bond donors (Lipinski definition) is 0. The summed E-state index contributed by atoms with van der Waals surface area (Å²) in [5.74, 6) is 2.39. The number of nitrogens with zero attached hydrogens (tertiary/aromatic N) is 5. The molecule has 0 unspecified atom stereocenters. The van der Waals surface area contributed by atoms with Crippen LogP contribution in [0.15, 0.2) is 54.9 Å². The Bertz CT molecular complexity index is 767. The molecule has 0 spiro atoms. The lowest BCUT2D eigenvalue weighted by Gasteiger charge is -2.28. The summed E-state index contributed by atoms with van der Waals surface area (Å²) in [5.41, 5.74) is 0.996. The first kappa shape index (κ1) is 13.9. The first-order chi connectivity index (χ1) is 11.4. The predicted octanol–water partition coefficient (Wildman–Crippen LogP) is 2.17. The van der Waals surface area contributed by atoms with Gasteiger partial charge in [0.1, 0.15) is 5.82 Å². The van der Waals surface area contributed by atoms with Crippen LogP contribution in [0.2, 0.25) is 0 Å². The molecule has 3 heterocycles. The minimum Gasteiger partial charge on any atom is -0.378 e. The number of aromatic nitrogens is 4. The number of rotatable bonds is 3. The maximum Gasteiger partial charge on any atom is 0.163 e. The van der Waals surface area contributed by atoms with Gasteiger partial charge in [0.2, 0.25) is 0 Å². The SMILES string of the molecule is c1ccc(-c2nc(N3CCOCC3)cc(-n3cccn3)n2)cc1. The molecule has 1 fully saturated rings. The molecule has 116 valence electrons. The molecule has 6 nitrogen and oxygen atoms in total. The number of benzene rings is 1. The number of hydrogen-bond acceptors (Lipinski definition) is 5. The Morgan fingerprint density at radius 1 is 0.913 bits per heavy atom. The maximum atomic E-state index is 5.44. The molecule has 0 N–H and O–H groups in total. The van der Waals surface area contributed by atoms with E-state index in [2.05, 4.69) is 15.0 Å². The van der Waals surface area contributed by atoms with Gasteiger partial charge in [-0.05, 0) is 6.07 Å². The third-order valence-electron chi connectivity index (χ3n) is 3.81. The molecule has 3 aromatic rings. The van der Waals surface area contributed by atoms with Crippen molar-refractivity contribution < 1.29 is 4.74 Å². The van der Waals surface area contributed by atoms with Crippen molar-refractivity contribution in [1.29, 1.82) is 0 Å². The summed E-state index contributed by atoms with van der Waals surface area (Å²) in [6, 6.07) is 13.9. The van der Waals surface area contributed by atoms with Crippen molar-refractivity contribution in [3.05, 3.63) is 54.9 Å². The van der Waals surface area contributed by atoms with Crippen LogP contribution in [-0.4, -0.2) is 46.1 Å². The topological polar surface area (TPSA) is 56.1 Å². The van der Waals surface area contributed by atoms with Gasteiger partial charge in [-0.3, -0.25) is 0 Å². The fourth-order valence-electron chi connectivity index (χ4n) is 2.61. The Kier molecular flexibility index (Phi) is 3.73. The summed E-state index contributed by atoms with van der Waals surface area (Å²) in [6.07, 6.45) is 3.64. The van der Waals surface area contributed by atoms with Gasteiger partial charge in [-0.25, -0.2) is 14.6 Å². The molecule has 1 saturated heterocycles. The van der Waals surface area contributed by atoms with Gasteiger partial charge in [0.15, 0.2) is 11.6 Å². The van der Waals surface area contributed by atoms with Crippen LogP contribution < -0.4 is 4.90 Å². The summed E-state index contributed by atoms with van der Waals surface area (Å²) < 4.78 is 7.20. The van der Waals surface area contributed by atoms with Crippen molar-refractivity contribution in [2.24, 2.45) is 0 Å². The van der Waals surface area contributed by atoms with E-state index in [4.69, 9.17) is 9.72 Å². The van der Waals surface area contributed by atoms with Crippen molar-refractivity contribution in [3.63, 3.8) is 0 Å². The highest BCUT2D eigenvalue weighted by molar-refractivity contribution is 5.59. The highest BCUT2D eigenvalue weighted by Crippen LogP contribution is 2.22. The fourth-order valence-corrected chi connectivity index (χ4v) is 2.61. The van der Waals surface area contributed by atoms with Crippen molar-refractivity contribution in [2.75, 3.05) is 31.2 Å². The Morgan fingerprint density at radius 2 is 1.70 bits per heavy atom. The van der Waals surface area contributed by atoms with E-state index in [1.165, 1.54) is 0 Å². The lowest BCUT2D eigenvalue weighted by Crippen LogP contribution is -2.37. The average molecular weight is 307 g/mol. The summed E-state index contributed by atoms with van der Waals surface area (Å²) in [5, 5.41) is 4.29. The number of morpholine rings is 1. The molecule has 0 amide bonds. The third-order valence-corrected chi connectivity index (χ3v) is 3.81. The molecule has 1 aliphatic rings. The van der Waals surface area contributed by atoms with E-state index < -0.39 is 0 Å². The van der Waals surface area contributed by atoms with Gasteiger partial charge in [-0.2, -0.15) is 5.10 Å². The van der Waals surface area contributed by atoms with Gasteiger partial charge in [0.05, 0.1) is 13.2 Å². The summed E-state index contributed by atoms with van der Waals surface area (Å²) in [7, 11) is 0. The second-order valence-corrected chi connectivity index (χ2v) is 5.32. The van der Waals surface area contributed by atoms with E-state index in [9.17, 15) is 0 Å². The van der Waals surface area contributed by atoms with Crippen LogP contribution in [0.5, 0.6) is 0 Å². The Labute approximate surface area is 134 Å². The van der Waals surface area contributed by atoms with E-state index >= 15 is 0 Å². The van der Waals surface area contributed by atoms with Crippen LogP contribution >= 0.6 is 0 Å². The largest absolute Gasteiger partial charge is 0.378 e. The zero-order valence-electron chi connectivity index (χ0n) is 12.7. The van der Waals surface area contributed by atoms with Crippen LogP contribution in [-0.2, 0) is 4.74 Å². The molecule has 23 heavy (non-hydrogen) atoms. The molecule has 0 bridgehead atoms. The summed E-state index contributed by atoms with van der Waals surface area (Å²) in [6.45, 7) is 3.12. The Hall–Kier alpha value is -2.73. The highest BCUT2D eigenvalue weighted by Gasteiger charge is 2.16. The first-order valence-electron chi connectivity index (χ1n) is 7.67. The van der Waals surface area contributed by atoms with Gasteiger partial charge < -0.3 is 9.64 Å². The van der Waals surface area contributed by atoms with E-state index in [-0.39, 0.29) is 0 Å². The van der Waals surface area contributed by atoms with Crippen LogP contribution in [0.4, 0.5) is 5.82 Å². The number of ether oxygens (including phenoxy) is 1. The standard InChI is InChI=1S/C17H17N5O/c1-2-5-14(6-3-1)17-19-15(21-9-11-23-12-10-21)13-16(20-17)22-8-4-7-18-22/h1-8,13H,9-12H2. The second-order valence-electron chi connectivity index (χ2n) is 5.32. The third kappa shape index (κ3) is 2.93. The van der Waals surface area contributed by atoms with Gasteiger partial charge in [0, 0.05) is 37.1 Å². The van der Waals surface area contributed by atoms with E-state index in [1.807, 2.05) is 48.7 Å². The maximum absolute atomic E-state index is 5.44. The minimum atomic E-state index is 0.708. The Morgan fingerprint density at radius 3 is 2.43 bits per heavy atom.